The smallest absolute Gasteiger partial charge is 0.189 e. The molecule has 0 unspecified atom stereocenters. The number of halogens is 1. The lowest BCUT2D eigenvalue weighted by atomic mass is 9.97. The third-order valence-corrected chi connectivity index (χ3v) is 3.93. The maximum absolute atomic E-state index is 13.2. The van der Waals surface area contributed by atoms with Crippen LogP contribution in [-0.2, 0) is 0 Å². The standard InChI is InChI=1S/C21H19FO3/c1-21(2)12-11-17-19(24-3)10-8-16(20(17)25-21)18(23)9-7-14-5-4-6-15(22)13-14/h4-13H,1-3H3/b9-7+. The van der Waals surface area contributed by atoms with Crippen LogP contribution in [0.15, 0.2) is 48.6 Å². The van der Waals surface area contributed by atoms with Crippen LogP contribution in [0.25, 0.3) is 12.2 Å². The van der Waals surface area contributed by atoms with Crippen LogP contribution in [0.3, 0.4) is 0 Å². The largest absolute Gasteiger partial charge is 0.496 e. The van der Waals surface area contributed by atoms with Gasteiger partial charge in [-0.1, -0.05) is 18.2 Å². The van der Waals surface area contributed by atoms with Crippen molar-refractivity contribution in [2.75, 3.05) is 7.11 Å². The molecule has 2 aromatic rings. The highest BCUT2D eigenvalue weighted by Gasteiger charge is 2.27. The van der Waals surface area contributed by atoms with E-state index in [4.69, 9.17) is 9.47 Å². The summed E-state index contributed by atoms with van der Waals surface area (Å²) in [5.41, 5.74) is 1.30. The first-order valence-electron chi connectivity index (χ1n) is 7.97. The molecule has 0 bridgehead atoms. The minimum Gasteiger partial charge on any atom is -0.496 e. The van der Waals surface area contributed by atoms with Crippen LogP contribution in [0.5, 0.6) is 11.5 Å². The lowest BCUT2D eigenvalue weighted by molar-refractivity contribution is 0.103. The molecule has 0 aromatic heterocycles. The summed E-state index contributed by atoms with van der Waals surface area (Å²) in [5.74, 6) is 0.592. The topological polar surface area (TPSA) is 35.5 Å². The Labute approximate surface area is 146 Å². The normalized spacial score (nSPS) is 14.9. The van der Waals surface area contributed by atoms with Crippen LogP contribution in [0, 0.1) is 5.82 Å². The van der Waals surface area contributed by atoms with Crippen LogP contribution in [0.1, 0.15) is 35.3 Å². The van der Waals surface area contributed by atoms with Crippen molar-refractivity contribution in [1.29, 1.82) is 0 Å². The Bertz CT molecular complexity index is 879. The van der Waals surface area contributed by atoms with Gasteiger partial charge in [0.25, 0.3) is 0 Å². The predicted octanol–water partition coefficient (Wildman–Crippen LogP) is 4.91. The summed E-state index contributed by atoms with van der Waals surface area (Å²) < 4.78 is 24.6. The molecule has 1 aliphatic heterocycles. The van der Waals surface area contributed by atoms with Crippen molar-refractivity contribution in [1.82, 2.24) is 0 Å². The molecule has 1 heterocycles. The number of rotatable bonds is 4. The molecule has 0 N–H and O–H groups in total. The average Bonchev–Trinajstić information content (AvgIpc) is 2.58. The molecular formula is C21H19FO3. The Morgan fingerprint density at radius 1 is 1.24 bits per heavy atom. The van der Waals surface area contributed by atoms with Crippen molar-refractivity contribution in [3.8, 4) is 11.5 Å². The van der Waals surface area contributed by atoms with Gasteiger partial charge in [-0.25, -0.2) is 4.39 Å². The van der Waals surface area contributed by atoms with E-state index >= 15 is 0 Å². The summed E-state index contributed by atoms with van der Waals surface area (Å²) in [7, 11) is 1.58. The van der Waals surface area contributed by atoms with Crippen LogP contribution in [-0.4, -0.2) is 18.5 Å². The van der Waals surface area contributed by atoms with E-state index in [2.05, 4.69) is 0 Å². The number of allylic oxidation sites excluding steroid dienone is 1. The number of ketones is 1. The highest BCUT2D eigenvalue weighted by Crippen LogP contribution is 2.39. The maximum Gasteiger partial charge on any atom is 0.189 e. The van der Waals surface area contributed by atoms with Crippen LogP contribution >= 0.6 is 0 Å². The minimum absolute atomic E-state index is 0.214. The fourth-order valence-electron chi connectivity index (χ4n) is 2.67. The molecule has 1 aliphatic rings. The van der Waals surface area contributed by atoms with Crippen molar-refractivity contribution < 1.29 is 18.7 Å². The van der Waals surface area contributed by atoms with E-state index in [0.717, 1.165) is 5.56 Å². The Hall–Kier alpha value is -2.88. The fraction of sp³-hybridized carbons (Fsp3) is 0.190. The molecule has 4 heteroatoms. The summed E-state index contributed by atoms with van der Waals surface area (Å²) >= 11 is 0. The van der Waals surface area contributed by atoms with Crippen molar-refractivity contribution in [3.05, 3.63) is 71.1 Å². The first-order valence-corrected chi connectivity index (χ1v) is 7.97. The number of benzene rings is 2. The van der Waals surface area contributed by atoms with Gasteiger partial charge in [-0.2, -0.15) is 0 Å². The number of ether oxygens (including phenoxy) is 2. The molecular weight excluding hydrogens is 319 g/mol. The van der Waals surface area contributed by atoms with E-state index in [1.807, 2.05) is 26.0 Å². The molecule has 0 aliphatic carbocycles. The van der Waals surface area contributed by atoms with E-state index in [-0.39, 0.29) is 11.6 Å². The number of carbonyl (C=O) groups excluding carboxylic acids is 1. The van der Waals surface area contributed by atoms with Gasteiger partial charge in [-0.05, 0) is 61.9 Å². The molecule has 128 valence electrons. The molecule has 0 fully saturated rings. The van der Waals surface area contributed by atoms with Crippen molar-refractivity contribution in [2.24, 2.45) is 0 Å². The SMILES string of the molecule is COc1ccc(C(=O)/C=C/c2cccc(F)c2)c2c1C=CC(C)(C)O2. The monoisotopic (exact) mass is 338 g/mol. The van der Waals surface area contributed by atoms with Gasteiger partial charge in [-0.3, -0.25) is 4.79 Å². The molecule has 0 spiro atoms. The summed E-state index contributed by atoms with van der Waals surface area (Å²) in [6.45, 7) is 3.84. The predicted molar refractivity (Wildman–Crippen MR) is 96.5 cm³/mol. The zero-order valence-electron chi connectivity index (χ0n) is 14.4. The second kappa shape index (κ2) is 6.55. The van der Waals surface area contributed by atoms with Crippen LogP contribution in [0.2, 0.25) is 0 Å². The van der Waals surface area contributed by atoms with E-state index < -0.39 is 5.60 Å². The zero-order chi connectivity index (χ0) is 18.0. The number of hydrogen-bond donors (Lipinski definition) is 0. The molecule has 0 saturated carbocycles. The lowest BCUT2D eigenvalue weighted by Crippen LogP contribution is -2.28. The molecule has 25 heavy (non-hydrogen) atoms. The third kappa shape index (κ3) is 3.63. The van der Waals surface area contributed by atoms with Gasteiger partial charge in [0.05, 0.1) is 18.2 Å². The minimum atomic E-state index is -0.513. The van der Waals surface area contributed by atoms with E-state index in [0.29, 0.717) is 22.6 Å². The Balaban J connectivity index is 1.97. The zero-order valence-corrected chi connectivity index (χ0v) is 14.4. The van der Waals surface area contributed by atoms with Gasteiger partial charge in [0.1, 0.15) is 22.9 Å². The van der Waals surface area contributed by atoms with Crippen molar-refractivity contribution in [3.63, 3.8) is 0 Å². The van der Waals surface area contributed by atoms with Gasteiger partial charge in [0.15, 0.2) is 5.78 Å². The Morgan fingerprint density at radius 3 is 2.76 bits per heavy atom. The molecule has 0 atom stereocenters. The number of fused-ring (bicyclic) bond motifs is 1. The summed E-state index contributed by atoms with van der Waals surface area (Å²) in [6.07, 6.45) is 6.84. The number of hydrogen-bond acceptors (Lipinski definition) is 3. The summed E-state index contributed by atoms with van der Waals surface area (Å²) in [4.78, 5) is 12.7. The summed E-state index contributed by atoms with van der Waals surface area (Å²) in [5, 5.41) is 0. The highest BCUT2D eigenvalue weighted by molar-refractivity contribution is 6.09. The molecule has 2 aromatic carbocycles. The second-order valence-electron chi connectivity index (χ2n) is 6.35. The second-order valence-corrected chi connectivity index (χ2v) is 6.35. The van der Waals surface area contributed by atoms with Gasteiger partial charge in [-0.15, -0.1) is 0 Å². The summed E-state index contributed by atoms with van der Waals surface area (Å²) in [6, 6.07) is 9.50. The lowest BCUT2D eigenvalue weighted by Gasteiger charge is -2.29. The van der Waals surface area contributed by atoms with Gasteiger partial charge in [0.2, 0.25) is 0 Å². The first-order chi connectivity index (χ1) is 11.9. The first kappa shape index (κ1) is 17.0. The molecule has 0 saturated heterocycles. The molecule has 0 amide bonds. The molecule has 3 nitrogen and oxygen atoms in total. The van der Waals surface area contributed by atoms with Crippen molar-refractivity contribution >= 4 is 17.9 Å². The van der Waals surface area contributed by atoms with Gasteiger partial charge in [0, 0.05) is 0 Å². The quantitative estimate of drug-likeness (QED) is 0.587. The van der Waals surface area contributed by atoms with E-state index in [9.17, 15) is 9.18 Å². The highest BCUT2D eigenvalue weighted by atomic mass is 19.1. The van der Waals surface area contributed by atoms with Crippen LogP contribution < -0.4 is 9.47 Å². The Kier molecular flexibility index (Phi) is 4.45. The van der Waals surface area contributed by atoms with Gasteiger partial charge >= 0.3 is 0 Å². The van der Waals surface area contributed by atoms with Crippen LogP contribution in [0.4, 0.5) is 4.39 Å². The molecule has 3 rings (SSSR count). The van der Waals surface area contributed by atoms with Gasteiger partial charge < -0.3 is 9.47 Å². The fourth-order valence-corrected chi connectivity index (χ4v) is 2.67. The van der Waals surface area contributed by atoms with E-state index in [1.165, 1.54) is 18.2 Å². The number of carbonyl (C=O) groups is 1. The maximum atomic E-state index is 13.2. The van der Waals surface area contributed by atoms with E-state index in [1.54, 1.807) is 37.5 Å². The third-order valence-electron chi connectivity index (χ3n) is 3.93. The Morgan fingerprint density at radius 2 is 2.04 bits per heavy atom. The average molecular weight is 338 g/mol. The number of methoxy groups -OCH3 is 1. The molecule has 0 radical (unpaired) electrons. The van der Waals surface area contributed by atoms with Crippen molar-refractivity contribution in [2.45, 2.75) is 19.4 Å².